The van der Waals surface area contributed by atoms with Gasteiger partial charge in [-0.1, -0.05) is 48.5 Å². The first-order valence-electron chi connectivity index (χ1n) is 14.1. The summed E-state index contributed by atoms with van der Waals surface area (Å²) < 4.78 is 25.6. The fourth-order valence-corrected chi connectivity index (χ4v) is 5.89. The average Bonchev–Trinajstić information content (AvgIpc) is 2.95. The van der Waals surface area contributed by atoms with Crippen LogP contribution in [-0.4, -0.2) is 41.3 Å². The number of carbonyl (C=O) groups is 1. The smallest absolute Gasteiger partial charge is 0.303 e. The van der Waals surface area contributed by atoms with Gasteiger partial charge in [-0.05, 0) is 91.0 Å². The minimum atomic E-state index is -0.783. The summed E-state index contributed by atoms with van der Waals surface area (Å²) in [6.07, 6.45) is 5.97. The number of benzene rings is 3. The molecule has 1 unspecified atom stereocenters. The molecule has 0 amide bonds. The molecule has 2 aliphatic rings. The first-order valence-corrected chi connectivity index (χ1v) is 14.1. The molecule has 2 heterocycles. The molecule has 5 rings (SSSR count). The van der Waals surface area contributed by atoms with E-state index in [9.17, 15) is 9.18 Å². The number of carboxylic acid groups (broad SMARTS) is 1. The second kappa shape index (κ2) is 14.1. The zero-order valence-corrected chi connectivity index (χ0v) is 23.7. The molecule has 2 saturated heterocycles. The van der Waals surface area contributed by atoms with Gasteiger partial charge in [-0.15, -0.1) is 12.4 Å². The molecule has 0 aliphatic carbocycles. The van der Waals surface area contributed by atoms with E-state index in [2.05, 4.69) is 29.2 Å². The van der Waals surface area contributed by atoms with Crippen LogP contribution >= 0.6 is 12.4 Å². The summed E-state index contributed by atoms with van der Waals surface area (Å²) in [6.45, 7) is 4.34. The Morgan fingerprint density at radius 1 is 0.925 bits per heavy atom. The van der Waals surface area contributed by atoms with Crippen LogP contribution in [0.5, 0.6) is 5.75 Å². The number of carboxylic acids is 1. The summed E-state index contributed by atoms with van der Waals surface area (Å²) in [6, 6.07) is 23.2. The summed E-state index contributed by atoms with van der Waals surface area (Å²) in [5.74, 6) is 0.427. The van der Waals surface area contributed by atoms with Crippen molar-refractivity contribution < 1.29 is 23.8 Å². The van der Waals surface area contributed by atoms with E-state index in [-0.39, 0.29) is 30.2 Å². The topological polar surface area (TPSA) is 59.0 Å². The maximum atomic E-state index is 13.3. The summed E-state index contributed by atoms with van der Waals surface area (Å²) in [5, 5.41) is 8.82. The summed E-state index contributed by atoms with van der Waals surface area (Å²) >= 11 is 0. The molecule has 0 saturated carbocycles. The predicted molar refractivity (Wildman–Crippen MR) is 156 cm³/mol. The molecule has 40 heavy (non-hydrogen) atoms. The number of rotatable bonds is 10. The molecule has 2 aliphatic heterocycles. The van der Waals surface area contributed by atoms with Crippen LogP contribution < -0.4 is 4.74 Å². The minimum Gasteiger partial charge on any atom is -0.489 e. The van der Waals surface area contributed by atoms with Gasteiger partial charge in [0.1, 0.15) is 18.2 Å². The Labute approximate surface area is 242 Å². The van der Waals surface area contributed by atoms with E-state index in [0.717, 1.165) is 75.2 Å². The van der Waals surface area contributed by atoms with Gasteiger partial charge in [-0.2, -0.15) is 0 Å². The third-order valence-electron chi connectivity index (χ3n) is 8.19. The van der Waals surface area contributed by atoms with Crippen LogP contribution in [-0.2, 0) is 35.5 Å². The number of likely N-dealkylation sites (tertiary alicyclic amines) is 1. The van der Waals surface area contributed by atoms with E-state index < -0.39 is 5.97 Å². The number of hydrogen-bond acceptors (Lipinski definition) is 4. The first-order chi connectivity index (χ1) is 18.9. The standard InChI is InChI=1S/C33H38FNO4.ClH/c34-30-10-5-26(6-11-30)21-29-15-20-39-33(22-29)16-18-35(19-17-33)23-27-1-3-28(4-2-27)24-38-31-12-7-25(8-13-31)9-14-32(36)37;/h1-8,10-13,29H,9,14-24H2,(H,36,37);1H. The van der Waals surface area contributed by atoms with Crippen molar-refractivity contribution in [2.75, 3.05) is 19.7 Å². The number of aliphatic carboxylic acids is 1. The van der Waals surface area contributed by atoms with Crippen molar-refractivity contribution in [3.05, 3.63) is 101 Å². The van der Waals surface area contributed by atoms with E-state index in [0.29, 0.717) is 18.9 Å². The number of nitrogens with zero attached hydrogens (tertiary/aromatic N) is 1. The van der Waals surface area contributed by atoms with Gasteiger partial charge in [0.05, 0.1) is 5.60 Å². The molecule has 0 bridgehead atoms. The Hall–Kier alpha value is -2.93. The molecule has 0 radical (unpaired) electrons. The molecular weight excluding hydrogens is 529 g/mol. The van der Waals surface area contributed by atoms with Gasteiger partial charge in [-0.25, -0.2) is 4.39 Å². The molecule has 0 aromatic heterocycles. The Balaban J connectivity index is 0.00000370. The van der Waals surface area contributed by atoms with Crippen LogP contribution in [0.15, 0.2) is 72.8 Å². The number of ether oxygens (including phenoxy) is 2. The minimum absolute atomic E-state index is 0. The third kappa shape index (κ3) is 8.53. The fourth-order valence-electron chi connectivity index (χ4n) is 5.89. The molecule has 3 aromatic carbocycles. The third-order valence-corrected chi connectivity index (χ3v) is 8.19. The van der Waals surface area contributed by atoms with Gasteiger partial charge in [0.25, 0.3) is 0 Å². The highest BCUT2D eigenvalue weighted by Gasteiger charge is 2.40. The summed E-state index contributed by atoms with van der Waals surface area (Å²) in [4.78, 5) is 13.3. The van der Waals surface area contributed by atoms with E-state index in [1.165, 1.54) is 11.1 Å². The predicted octanol–water partition coefficient (Wildman–Crippen LogP) is 6.85. The van der Waals surface area contributed by atoms with Crippen molar-refractivity contribution in [2.45, 2.75) is 63.7 Å². The van der Waals surface area contributed by atoms with Crippen LogP contribution in [0.4, 0.5) is 4.39 Å². The van der Waals surface area contributed by atoms with Crippen molar-refractivity contribution in [3.63, 3.8) is 0 Å². The maximum Gasteiger partial charge on any atom is 0.303 e. The quantitative estimate of drug-likeness (QED) is 0.290. The van der Waals surface area contributed by atoms with Crippen LogP contribution in [0.2, 0.25) is 0 Å². The van der Waals surface area contributed by atoms with E-state index >= 15 is 0 Å². The molecule has 1 spiro atoms. The first kappa shape index (κ1) is 30.0. The second-order valence-electron chi connectivity index (χ2n) is 11.1. The molecule has 214 valence electrons. The highest BCUT2D eigenvalue weighted by molar-refractivity contribution is 5.85. The van der Waals surface area contributed by atoms with Crippen molar-refractivity contribution in [1.82, 2.24) is 4.90 Å². The Morgan fingerprint density at radius 3 is 2.23 bits per heavy atom. The normalized spacial score (nSPS) is 18.7. The largest absolute Gasteiger partial charge is 0.489 e. The average molecular weight is 568 g/mol. The SMILES string of the molecule is Cl.O=C(O)CCc1ccc(OCc2ccc(CN3CCC4(CC3)CC(Cc3ccc(F)cc3)CCO4)cc2)cc1. The van der Waals surface area contributed by atoms with Crippen LogP contribution in [0.1, 0.15) is 54.4 Å². The van der Waals surface area contributed by atoms with Gasteiger partial charge in [0, 0.05) is 32.7 Å². The lowest BCUT2D eigenvalue weighted by Gasteiger charge is -2.46. The molecule has 1 N–H and O–H groups in total. The lowest BCUT2D eigenvalue weighted by atomic mass is 9.77. The van der Waals surface area contributed by atoms with Crippen molar-refractivity contribution in [2.24, 2.45) is 5.92 Å². The van der Waals surface area contributed by atoms with Gasteiger partial charge in [0.2, 0.25) is 0 Å². The molecule has 2 fully saturated rings. The van der Waals surface area contributed by atoms with Gasteiger partial charge >= 0.3 is 5.97 Å². The van der Waals surface area contributed by atoms with Crippen molar-refractivity contribution >= 4 is 18.4 Å². The highest BCUT2D eigenvalue weighted by atomic mass is 35.5. The number of hydrogen-bond donors (Lipinski definition) is 1. The molecular formula is C33H39ClFNO4. The van der Waals surface area contributed by atoms with Gasteiger partial charge < -0.3 is 14.6 Å². The molecule has 5 nitrogen and oxygen atoms in total. The van der Waals surface area contributed by atoms with Gasteiger partial charge in [0.15, 0.2) is 0 Å². The summed E-state index contributed by atoms with van der Waals surface area (Å²) in [7, 11) is 0. The van der Waals surface area contributed by atoms with Crippen molar-refractivity contribution in [1.29, 1.82) is 0 Å². The van der Waals surface area contributed by atoms with E-state index in [4.69, 9.17) is 14.6 Å². The lowest BCUT2D eigenvalue weighted by molar-refractivity contribution is -0.136. The monoisotopic (exact) mass is 567 g/mol. The molecule has 7 heteroatoms. The highest BCUT2D eigenvalue weighted by Crippen LogP contribution is 2.39. The number of halogens is 2. The summed E-state index contributed by atoms with van der Waals surface area (Å²) in [5.41, 5.74) is 4.63. The Kier molecular flexibility index (Phi) is 10.6. The van der Waals surface area contributed by atoms with Crippen LogP contribution in [0.25, 0.3) is 0 Å². The zero-order chi connectivity index (χ0) is 27.1. The van der Waals surface area contributed by atoms with E-state index in [1.54, 1.807) is 12.1 Å². The molecule has 1 atom stereocenters. The van der Waals surface area contributed by atoms with Gasteiger partial charge in [-0.3, -0.25) is 9.69 Å². The van der Waals surface area contributed by atoms with E-state index in [1.807, 2.05) is 36.4 Å². The van der Waals surface area contributed by atoms with Crippen molar-refractivity contribution in [3.8, 4) is 5.75 Å². The van der Waals surface area contributed by atoms with Crippen LogP contribution in [0, 0.1) is 11.7 Å². The lowest BCUT2D eigenvalue weighted by Crippen LogP contribution is -2.49. The Morgan fingerprint density at radius 2 is 1.55 bits per heavy atom. The zero-order valence-electron chi connectivity index (χ0n) is 22.9. The number of piperidine rings is 1. The fraction of sp³-hybridized carbons (Fsp3) is 0.424. The Bertz CT molecular complexity index is 1210. The molecule has 3 aromatic rings. The maximum absolute atomic E-state index is 13.3. The number of aryl methyl sites for hydroxylation is 1. The van der Waals surface area contributed by atoms with Crippen LogP contribution in [0.3, 0.4) is 0 Å². The second-order valence-corrected chi connectivity index (χ2v) is 11.1.